The summed E-state index contributed by atoms with van der Waals surface area (Å²) >= 11 is 7.49. The predicted octanol–water partition coefficient (Wildman–Crippen LogP) is 4.42. The number of imidazole rings is 1. The molecule has 0 atom stereocenters. The first-order valence-electron chi connectivity index (χ1n) is 11.1. The van der Waals surface area contributed by atoms with Crippen molar-refractivity contribution in [3.8, 4) is 17.5 Å². The number of alkyl halides is 3. The lowest BCUT2D eigenvalue weighted by Gasteiger charge is -2.13. The first-order chi connectivity index (χ1) is 18.1. The minimum Gasteiger partial charge on any atom is -0.425 e. The van der Waals surface area contributed by atoms with Gasteiger partial charge in [0.05, 0.1) is 19.0 Å². The topological polar surface area (TPSA) is 92.3 Å². The van der Waals surface area contributed by atoms with Crippen molar-refractivity contribution in [1.29, 1.82) is 0 Å². The summed E-state index contributed by atoms with van der Waals surface area (Å²) in [5, 5.41) is 3.55. The molecule has 2 aromatic heterocycles. The van der Waals surface area contributed by atoms with Crippen LogP contribution in [0.15, 0.2) is 69.2 Å². The molecule has 0 radical (unpaired) electrons. The van der Waals surface area contributed by atoms with Crippen LogP contribution in [-0.2, 0) is 20.1 Å². The molecule has 0 spiro atoms. The molecule has 1 N–H and O–H groups in total. The smallest absolute Gasteiger partial charge is 0.425 e. The molecule has 0 saturated heterocycles. The Labute approximate surface area is 222 Å². The Hall–Kier alpha value is -3.84. The maximum absolute atomic E-state index is 13.6. The van der Waals surface area contributed by atoms with Crippen LogP contribution in [0.2, 0.25) is 5.02 Å². The van der Waals surface area contributed by atoms with Gasteiger partial charge in [-0.3, -0.25) is 18.5 Å². The molecule has 0 amide bonds. The lowest BCUT2D eigenvalue weighted by atomic mass is 10.2. The number of hydrogen-bond acceptors (Lipinski definition) is 7. The molecular formula is C24H19ClF3N5O4S. The van der Waals surface area contributed by atoms with Crippen LogP contribution in [0.3, 0.4) is 0 Å². The third-order valence-corrected chi connectivity index (χ3v) is 6.80. The van der Waals surface area contributed by atoms with E-state index < -0.39 is 23.4 Å². The minimum absolute atomic E-state index is 0.0108. The van der Waals surface area contributed by atoms with Crippen LogP contribution in [0.25, 0.3) is 11.2 Å². The number of thioether (sulfide) groups is 1. The van der Waals surface area contributed by atoms with Gasteiger partial charge in [-0.05, 0) is 29.8 Å². The Morgan fingerprint density at radius 1 is 1.08 bits per heavy atom. The molecule has 38 heavy (non-hydrogen) atoms. The number of allylic oxidation sites excluding steroid dienone is 1. The minimum atomic E-state index is -4.88. The maximum atomic E-state index is 13.6. The average Bonchev–Trinajstić information content (AvgIpc) is 3.49. The molecule has 198 valence electrons. The fraction of sp³-hybridized carbons (Fsp3) is 0.208. The first-order valence-corrected chi connectivity index (χ1v) is 12.5. The number of aryl methyl sites for hydroxylation is 1. The Kier molecular flexibility index (Phi) is 6.88. The van der Waals surface area contributed by atoms with Crippen molar-refractivity contribution in [3.63, 3.8) is 0 Å². The maximum Gasteiger partial charge on any atom is 0.573 e. The van der Waals surface area contributed by atoms with Crippen molar-refractivity contribution in [2.24, 2.45) is 7.05 Å². The Bertz CT molecular complexity index is 1660. The van der Waals surface area contributed by atoms with Gasteiger partial charge in [-0.1, -0.05) is 29.8 Å². The standard InChI is InChI=1S/C24H19ClF3N5O4S/c1-31-20-19(21(34)33(23(31)35)12-18-10-29-13-38-18)32(11-14-5-7-15(25)8-6-14)22(30-20)36-16-3-2-4-17(9-16)37-24(26,27)28/h2-10,29H,11-13H2,1H3. The second-order valence-electron chi connectivity index (χ2n) is 8.24. The summed E-state index contributed by atoms with van der Waals surface area (Å²) in [6.45, 7) is 0.173. The van der Waals surface area contributed by atoms with Gasteiger partial charge in [0.1, 0.15) is 11.5 Å². The van der Waals surface area contributed by atoms with E-state index in [9.17, 15) is 22.8 Å². The number of nitrogens with zero attached hydrogens (tertiary/aromatic N) is 4. The van der Waals surface area contributed by atoms with Crippen LogP contribution in [0.5, 0.6) is 17.5 Å². The van der Waals surface area contributed by atoms with Crippen LogP contribution in [0.4, 0.5) is 13.2 Å². The average molecular weight is 566 g/mol. The molecule has 0 aliphatic carbocycles. The van der Waals surface area contributed by atoms with Crippen molar-refractivity contribution in [3.05, 3.63) is 91.1 Å². The number of ether oxygens (including phenoxy) is 2. The molecule has 3 heterocycles. The largest absolute Gasteiger partial charge is 0.573 e. The molecule has 1 aliphatic rings. The summed E-state index contributed by atoms with van der Waals surface area (Å²) in [5.41, 5.74) is -0.253. The van der Waals surface area contributed by atoms with Crippen molar-refractivity contribution in [2.45, 2.75) is 19.5 Å². The van der Waals surface area contributed by atoms with Crippen molar-refractivity contribution < 1.29 is 22.6 Å². The van der Waals surface area contributed by atoms with Gasteiger partial charge >= 0.3 is 18.1 Å². The molecule has 0 bridgehead atoms. The summed E-state index contributed by atoms with van der Waals surface area (Å²) < 4.78 is 51.8. The summed E-state index contributed by atoms with van der Waals surface area (Å²) in [6, 6.07) is 11.7. The molecule has 0 fully saturated rings. The van der Waals surface area contributed by atoms with Crippen molar-refractivity contribution in [1.82, 2.24) is 24.0 Å². The van der Waals surface area contributed by atoms with Gasteiger partial charge in [0.15, 0.2) is 11.2 Å². The van der Waals surface area contributed by atoms with Gasteiger partial charge in [-0.2, -0.15) is 4.98 Å². The van der Waals surface area contributed by atoms with E-state index >= 15 is 0 Å². The third kappa shape index (κ3) is 5.38. The number of rotatable bonds is 7. The van der Waals surface area contributed by atoms with Gasteiger partial charge in [0.25, 0.3) is 5.56 Å². The summed E-state index contributed by atoms with van der Waals surface area (Å²) in [7, 11) is 1.48. The predicted molar refractivity (Wildman–Crippen MR) is 137 cm³/mol. The molecule has 9 nitrogen and oxygen atoms in total. The second kappa shape index (κ2) is 10.1. The Morgan fingerprint density at radius 3 is 2.50 bits per heavy atom. The zero-order valence-electron chi connectivity index (χ0n) is 19.7. The number of nitrogens with one attached hydrogen (secondary N) is 1. The lowest BCUT2D eigenvalue weighted by molar-refractivity contribution is -0.274. The molecular weight excluding hydrogens is 547 g/mol. The number of hydrogen-bond donors (Lipinski definition) is 1. The van der Waals surface area contributed by atoms with Gasteiger partial charge in [0.2, 0.25) is 0 Å². The zero-order chi connectivity index (χ0) is 27.0. The van der Waals surface area contributed by atoms with Gasteiger partial charge in [0, 0.05) is 29.2 Å². The monoisotopic (exact) mass is 565 g/mol. The highest BCUT2D eigenvalue weighted by Gasteiger charge is 2.31. The number of halogens is 4. The number of aromatic nitrogens is 4. The number of fused-ring (bicyclic) bond motifs is 1. The zero-order valence-corrected chi connectivity index (χ0v) is 21.2. The summed E-state index contributed by atoms with van der Waals surface area (Å²) in [5.74, 6) is 0.139. The summed E-state index contributed by atoms with van der Waals surface area (Å²) in [4.78, 5) is 31.9. The lowest BCUT2D eigenvalue weighted by Crippen LogP contribution is -2.39. The van der Waals surface area contributed by atoms with E-state index in [1.54, 1.807) is 30.5 Å². The Morgan fingerprint density at radius 2 is 1.82 bits per heavy atom. The van der Waals surface area contributed by atoms with E-state index in [-0.39, 0.29) is 36.0 Å². The van der Waals surface area contributed by atoms with E-state index in [0.717, 1.165) is 27.2 Å². The Balaban J connectivity index is 1.64. The van der Waals surface area contributed by atoms with E-state index in [2.05, 4.69) is 15.0 Å². The van der Waals surface area contributed by atoms with Gasteiger partial charge in [-0.25, -0.2) is 4.79 Å². The van der Waals surface area contributed by atoms with Crippen LogP contribution < -0.4 is 26.0 Å². The van der Waals surface area contributed by atoms with E-state index in [1.807, 2.05) is 0 Å². The highest BCUT2D eigenvalue weighted by atomic mass is 35.5. The SMILES string of the molecule is Cn1c(=O)n(CC2=CNCS2)c(=O)c2c1nc(Oc1cccc(OC(F)(F)F)c1)n2Cc1ccc(Cl)cc1. The third-order valence-electron chi connectivity index (χ3n) is 5.62. The first kappa shape index (κ1) is 25.8. The molecule has 0 unspecified atom stereocenters. The van der Waals surface area contributed by atoms with Crippen LogP contribution >= 0.6 is 23.4 Å². The highest BCUT2D eigenvalue weighted by Crippen LogP contribution is 2.30. The molecule has 14 heteroatoms. The highest BCUT2D eigenvalue weighted by molar-refractivity contribution is 8.03. The summed E-state index contributed by atoms with van der Waals surface area (Å²) in [6.07, 6.45) is -3.14. The van der Waals surface area contributed by atoms with Gasteiger partial charge in [-0.15, -0.1) is 24.9 Å². The van der Waals surface area contributed by atoms with E-state index in [4.69, 9.17) is 16.3 Å². The van der Waals surface area contributed by atoms with Crippen LogP contribution in [-0.4, -0.2) is 30.9 Å². The van der Waals surface area contributed by atoms with E-state index in [1.165, 1.54) is 40.1 Å². The quantitative estimate of drug-likeness (QED) is 0.354. The number of benzene rings is 2. The second-order valence-corrected chi connectivity index (χ2v) is 9.78. The normalized spacial score (nSPS) is 13.4. The fourth-order valence-electron chi connectivity index (χ4n) is 3.91. The molecule has 1 aliphatic heterocycles. The molecule has 5 rings (SSSR count). The van der Waals surface area contributed by atoms with Crippen LogP contribution in [0.1, 0.15) is 5.56 Å². The van der Waals surface area contributed by atoms with Gasteiger partial charge < -0.3 is 14.8 Å². The molecule has 2 aromatic carbocycles. The van der Waals surface area contributed by atoms with Crippen LogP contribution in [0, 0.1) is 0 Å². The molecule has 0 saturated carbocycles. The van der Waals surface area contributed by atoms with Crippen molar-refractivity contribution in [2.75, 3.05) is 5.88 Å². The fourth-order valence-corrected chi connectivity index (χ4v) is 4.77. The van der Waals surface area contributed by atoms with Crippen molar-refractivity contribution >= 4 is 34.5 Å². The van der Waals surface area contributed by atoms with E-state index in [0.29, 0.717) is 10.9 Å². The molecule has 4 aromatic rings.